The predicted molar refractivity (Wildman–Crippen MR) is 84.1 cm³/mol. The molecule has 0 heterocycles. The second kappa shape index (κ2) is 6.34. The second-order valence-corrected chi connectivity index (χ2v) is 6.75. The first-order valence-corrected chi connectivity index (χ1v) is 7.74. The van der Waals surface area contributed by atoms with Crippen LogP contribution in [0.4, 0.5) is 0 Å². The molecular weight excluding hydrogens is 266 g/mol. The summed E-state index contributed by atoms with van der Waals surface area (Å²) in [7, 11) is 4.92. The molecule has 1 fully saturated rings. The van der Waals surface area contributed by atoms with Gasteiger partial charge in [-0.1, -0.05) is 31.4 Å². The molecule has 0 aromatic heterocycles. The van der Waals surface area contributed by atoms with Gasteiger partial charge < -0.3 is 19.7 Å². The van der Waals surface area contributed by atoms with Gasteiger partial charge in [-0.2, -0.15) is 0 Å². The van der Waals surface area contributed by atoms with E-state index >= 15 is 0 Å². The highest BCUT2D eigenvalue weighted by atomic mass is 16.5. The summed E-state index contributed by atoms with van der Waals surface area (Å²) in [6.07, 6.45) is 4.81. The van der Waals surface area contributed by atoms with Crippen LogP contribution in [-0.4, -0.2) is 43.1 Å². The molecule has 0 radical (unpaired) electrons. The Bertz CT molecular complexity index is 444. The topological polar surface area (TPSA) is 52.5 Å². The fourth-order valence-electron chi connectivity index (χ4n) is 3.37. The van der Waals surface area contributed by atoms with Crippen molar-refractivity contribution < 1.29 is 14.5 Å². The maximum absolute atomic E-state index is 12.2. The summed E-state index contributed by atoms with van der Waals surface area (Å²) in [4.78, 5) is 0. The Morgan fingerprint density at radius 3 is 2.24 bits per heavy atom. The number of likely N-dealkylation sites (N-methyl/N-ethyl adjacent to an activating group) is 1. The minimum absolute atomic E-state index is 0.129. The first-order valence-electron chi connectivity index (χ1n) is 7.74. The number of hydrogen-bond acceptors (Lipinski definition) is 3. The third-order valence-electron chi connectivity index (χ3n) is 4.51. The molecule has 2 rings (SSSR count). The van der Waals surface area contributed by atoms with Crippen molar-refractivity contribution >= 4 is 0 Å². The molecular formula is C17H27NO3. The third kappa shape index (κ3) is 4.19. The highest BCUT2D eigenvalue weighted by molar-refractivity contribution is 5.31. The maximum Gasteiger partial charge on any atom is 0.118 e. The Labute approximate surface area is 127 Å². The van der Waals surface area contributed by atoms with Crippen molar-refractivity contribution in [3.05, 3.63) is 35.0 Å². The first-order chi connectivity index (χ1) is 9.84. The van der Waals surface area contributed by atoms with Crippen molar-refractivity contribution in [3.63, 3.8) is 0 Å². The number of ether oxygens (including phenoxy) is 1. The molecule has 0 saturated heterocycles. The Kier molecular flexibility index (Phi) is 4.91. The summed E-state index contributed by atoms with van der Waals surface area (Å²) < 4.78 is 4.80. The molecule has 0 unspecified atom stereocenters. The van der Waals surface area contributed by atoms with E-state index in [2.05, 4.69) is 0 Å². The molecule has 4 heteroatoms. The lowest BCUT2D eigenvalue weighted by Crippen LogP contribution is -2.47. The molecule has 0 bridgehead atoms. The van der Waals surface area contributed by atoms with E-state index in [9.17, 15) is 10.3 Å². The number of rotatable bonds is 5. The number of nitrogens with zero attached hydrogens (tertiary/aromatic N) is 1. The SMILES string of the molecule is COc1ccc([C@@H](C[N+](C)(C)[O-])C2(O)CCCCC2)cc1. The number of hydroxylamine groups is 3. The van der Waals surface area contributed by atoms with Gasteiger partial charge in [-0.05, 0) is 30.5 Å². The summed E-state index contributed by atoms with van der Waals surface area (Å²) in [6, 6.07) is 7.76. The van der Waals surface area contributed by atoms with Gasteiger partial charge in [0.15, 0.2) is 0 Å². The van der Waals surface area contributed by atoms with Gasteiger partial charge in [-0.25, -0.2) is 0 Å². The van der Waals surface area contributed by atoms with Crippen LogP contribution in [0.25, 0.3) is 0 Å². The van der Waals surface area contributed by atoms with E-state index in [0.29, 0.717) is 6.54 Å². The molecule has 118 valence electrons. The normalized spacial score (nSPS) is 20.0. The molecule has 0 aliphatic heterocycles. The Hall–Kier alpha value is -1.10. The average Bonchev–Trinajstić information content (AvgIpc) is 2.45. The van der Waals surface area contributed by atoms with Gasteiger partial charge in [0, 0.05) is 0 Å². The number of aliphatic hydroxyl groups is 1. The van der Waals surface area contributed by atoms with E-state index in [1.165, 1.54) is 6.42 Å². The van der Waals surface area contributed by atoms with Gasteiger partial charge in [0.25, 0.3) is 0 Å². The molecule has 1 aromatic carbocycles. The van der Waals surface area contributed by atoms with Crippen LogP contribution in [0, 0.1) is 5.21 Å². The number of quaternary nitrogens is 1. The summed E-state index contributed by atoms with van der Waals surface area (Å²) in [5, 5.41) is 23.3. The summed E-state index contributed by atoms with van der Waals surface area (Å²) in [6.45, 7) is 0.392. The zero-order valence-corrected chi connectivity index (χ0v) is 13.3. The van der Waals surface area contributed by atoms with Gasteiger partial charge in [0.05, 0.1) is 39.3 Å². The molecule has 0 amide bonds. The molecule has 21 heavy (non-hydrogen) atoms. The zero-order chi connectivity index (χ0) is 15.5. The van der Waals surface area contributed by atoms with Gasteiger partial charge in [-0.3, -0.25) is 0 Å². The van der Waals surface area contributed by atoms with Crippen LogP contribution >= 0.6 is 0 Å². The van der Waals surface area contributed by atoms with Crippen LogP contribution in [0.15, 0.2) is 24.3 Å². The van der Waals surface area contributed by atoms with Crippen LogP contribution in [-0.2, 0) is 0 Å². The molecule has 1 aliphatic rings. The highest BCUT2D eigenvalue weighted by Crippen LogP contribution is 2.41. The van der Waals surface area contributed by atoms with Gasteiger partial charge in [-0.15, -0.1) is 0 Å². The van der Waals surface area contributed by atoms with E-state index in [1.54, 1.807) is 21.2 Å². The fourth-order valence-corrected chi connectivity index (χ4v) is 3.37. The first kappa shape index (κ1) is 16.3. The van der Waals surface area contributed by atoms with Crippen LogP contribution in [0.5, 0.6) is 5.75 Å². The van der Waals surface area contributed by atoms with Crippen molar-refractivity contribution in [1.29, 1.82) is 0 Å². The standard InChI is InChI=1S/C17H27NO3/c1-18(2,20)13-16(17(19)11-5-4-6-12-17)14-7-9-15(21-3)10-8-14/h7-10,16,19H,4-6,11-13H2,1-3H3/t16-/m1/s1. The highest BCUT2D eigenvalue weighted by Gasteiger charge is 2.40. The van der Waals surface area contributed by atoms with Crippen molar-refractivity contribution in [1.82, 2.24) is 0 Å². The van der Waals surface area contributed by atoms with E-state index in [1.807, 2.05) is 24.3 Å². The second-order valence-electron chi connectivity index (χ2n) is 6.75. The molecule has 1 N–H and O–H groups in total. The molecule has 0 spiro atoms. The van der Waals surface area contributed by atoms with Gasteiger partial charge in [0.1, 0.15) is 5.75 Å². The molecule has 1 aromatic rings. The van der Waals surface area contributed by atoms with Crippen LogP contribution < -0.4 is 4.74 Å². The van der Waals surface area contributed by atoms with Gasteiger partial charge >= 0.3 is 0 Å². The van der Waals surface area contributed by atoms with Crippen molar-refractivity contribution in [3.8, 4) is 5.75 Å². The average molecular weight is 293 g/mol. The quantitative estimate of drug-likeness (QED) is 0.670. The molecule has 1 saturated carbocycles. The monoisotopic (exact) mass is 293 g/mol. The van der Waals surface area contributed by atoms with Crippen LogP contribution in [0.3, 0.4) is 0 Å². The zero-order valence-electron chi connectivity index (χ0n) is 13.3. The Morgan fingerprint density at radius 2 is 1.76 bits per heavy atom. The van der Waals surface area contributed by atoms with Crippen LogP contribution in [0.2, 0.25) is 0 Å². The number of methoxy groups -OCH3 is 1. The van der Waals surface area contributed by atoms with E-state index in [0.717, 1.165) is 37.0 Å². The summed E-state index contributed by atoms with van der Waals surface area (Å²) in [5.41, 5.74) is 0.273. The smallest absolute Gasteiger partial charge is 0.118 e. The third-order valence-corrected chi connectivity index (χ3v) is 4.51. The molecule has 1 aliphatic carbocycles. The van der Waals surface area contributed by atoms with Crippen molar-refractivity contribution in [2.75, 3.05) is 27.7 Å². The van der Waals surface area contributed by atoms with Crippen LogP contribution in [0.1, 0.15) is 43.6 Å². The van der Waals surface area contributed by atoms with Crippen molar-refractivity contribution in [2.24, 2.45) is 0 Å². The summed E-state index contributed by atoms with van der Waals surface area (Å²) in [5.74, 6) is 0.667. The lowest BCUT2D eigenvalue weighted by Gasteiger charge is -2.45. The van der Waals surface area contributed by atoms with E-state index < -0.39 is 5.60 Å². The Balaban J connectivity index is 2.30. The lowest BCUT2D eigenvalue weighted by atomic mass is 9.72. The Morgan fingerprint density at radius 1 is 1.19 bits per heavy atom. The van der Waals surface area contributed by atoms with E-state index in [4.69, 9.17) is 4.74 Å². The van der Waals surface area contributed by atoms with Crippen molar-refractivity contribution in [2.45, 2.75) is 43.6 Å². The maximum atomic E-state index is 12.2. The molecule has 4 nitrogen and oxygen atoms in total. The number of benzene rings is 1. The number of hydrogen-bond donors (Lipinski definition) is 1. The van der Waals surface area contributed by atoms with E-state index in [-0.39, 0.29) is 10.6 Å². The van der Waals surface area contributed by atoms with Gasteiger partial charge in [0.2, 0.25) is 0 Å². The molecule has 1 atom stereocenters. The minimum Gasteiger partial charge on any atom is -0.633 e. The fraction of sp³-hybridized carbons (Fsp3) is 0.647. The summed E-state index contributed by atoms with van der Waals surface area (Å²) >= 11 is 0. The minimum atomic E-state index is -0.757. The largest absolute Gasteiger partial charge is 0.633 e. The predicted octanol–water partition coefficient (Wildman–Crippen LogP) is 3.05. The lowest BCUT2D eigenvalue weighted by molar-refractivity contribution is -0.842.